The minimum Gasteiger partial charge on any atom is -0.462 e. The number of aryl methyl sites for hydroxylation is 1. The maximum atomic E-state index is 11.9. The predicted octanol–water partition coefficient (Wildman–Crippen LogP) is 1.50. The Hall–Kier alpha value is -2.42. The van der Waals surface area contributed by atoms with Crippen LogP contribution in [-0.4, -0.2) is 27.2 Å². The number of unbranched alkanes of at least 4 members (excludes halogenated alkanes) is 1. The van der Waals surface area contributed by atoms with Crippen molar-refractivity contribution >= 4 is 11.6 Å². The van der Waals surface area contributed by atoms with Crippen LogP contribution in [0.15, 0.2) is 18.5 Å². The summed E-state index contributed by atoms with van der Waals surface area (Å²) < 4.78 is 6.64. The summed E-state index contributed by atoms with van der Waals surface area (Å²) in [7, 11) is 0. The number of ether oxygens (including phenoxy) is 1. The van der Waals surface area contributed by atoms with Gasteiger partial charge in [0.25, 0.3) is 0 Å². The van der Waals surface area contributed by atoms with E-state index in [1.807, 2.05) is 6.07 Å². The summed E-state index contributed by atoms with van der Waals surface area (Å²) in [6.45, 7) is 1.97. The van der Waals surface area contributed by atoms with E-state index < -0.39 is 5.97 Å². The lowest BCUT2D eigenvalue weighted by atomic mass is 10.2. The lowest BCUT2D eigenvalue weighted by Gasteiger charge is -2.02. The fourth-order valence-corrected chi connectivity index (χ4v) is 1.62. The molecule has 0 aliphatic heterocycles. The van der Waals surface area contributed by atoms with E-state index >= 15 is 0 Å². The molecule has 0 aromatic carbocycles. The molecular weight excluding hydrogens is 232 g/mol. The van der Waals surface area contributed by atoms with Gasteiger partial charge in [0, 0.05) is 18.8 Å². The third kappa shape index (κ3) is 2.30. The third-order valence-corrected chi connectivity index (χ3v) is 2.44. The van der Waals surface area contributed by atoms with E-state index in [9.17, 15) is 4.79 Å². The van der Waals surface area contributed by atoms with Crippen LogP contribution in [-0.2, 0) is 4.74 Å². The summed E-state index contributed by atoms with van der Waals surface area (Å²) in [6, 6.07) is 3.73. The highest BCUT2D eigenvalue weighted by molar-refractivity contribution is 5.97. The highest BCUT2D eigenvalue weighted by Gasteiger charge is 2.19. The van der Waals surface area contributed by atoms with Gasteiger partial charge in [-0.1, -0.05) is 0 Å². The normalized spacial score (nSPS) is 10.2. The Labute approximate surface area is 104 Å². The predicted molar refractivity (Wildman–Crippen MR) is 62.9 cm³/mol. The molecule has 0 aliphatic rings. The van der Waals surface area contributed by atoms with Gasteiger partial charge in [-0.15, -0.1) is 0 Å². The van der Waals surface area contributed by atoms with Crippen molar-refractivity contribution in [2.75, 3.05) is 6.61 Å². The fraction of sp³-hybridized carbons (Fsp3) is 0.333. The Balaban J connectivity index is 2.17. The van der Waals surface area contributed by atoms with Crippen molar-refractivity contribution < 1.29 is 9.53 Å². The van der Waals surface area contributed by atoms with E-state index in [-0.39, 0.29) is 6.61 Å². The summed E-state index contributed by atoms with van der Waals surface area (Å²) in [4.78, 5) is 16.0. The van der Waals surface area contributed by atoms with E-state index in [0.29, 0.717) is 29.7 Å². The van der Waals surface area contributed by atoms with Crippen LogP contribution in [0.2, 0.25) is 0 Å². The van der Waals surface area contributed by atoms with E-state index in [0.717, 1.165) is 0 Å². The molecule has 0 atom stereocenters. The number of esters is 1. The smallest absolute Gasteiger partial charge is 0.343 e. The first-order valence-electron chi connectivity index (χ1n) is 5.58. The van der Waals surface area contributed by atoms with E-state index in [1.54, 1.807) is 29.9 Å². The van der Waals surface area contributed by atoms with Crippen molar-refractivity contribution in [1.29, 1.82) is 5.26 Å². The van der Waals surface area contributed by atoms with Crippen LogP contribution in [0.4, 0.5) is 0 Å². The molecule has 18 heavy (non-hydrogen) atoms. The fourth-order valence-electron chi connectivity index (χ4n) is 1.62. The van der Waals surface area contributed by atoms with Gasteiger partial charge < -0.3 is 4.74 Å². The second kappa shape index (κ2) is 5.27. The van der Waals surface area contributed by atoms with Crippen molar-refractivity contribution in [3.8, 4) is 6.07 Å². The molecule has 2 heterocycles. The van der Waals surface area contributed by atoms with Crippen LogP contribution in [0.25, 0.3) is 5.65 Å². The van der Waals surface area contributed by atoms with Crippen molar-refractivity contribution in [3.05, 3.63) is 29.7 Å². The van der Waals surface area contributed by atoms with Gasteiger partial charge in [-0.3, -0.25) is 0 Å². The molecule has 0 saturated carbocycles. The first-order chi connectivity index (χ1) is 8.74. The zero-order valence-electron chi connectivity index (χ0n) is 9.96. The summed E-state index contributed by atoms with van der Waals surface area (Å²) in [5.74, 6) is -0.445. The number of hydrogen-bond acceptors (Lipinski definition) is 5. The molecule has 0 N–H and O–H groups in total. The molecule has 2 aromatic rings. The number of hydrogen-bond donors (Lipinski definition) is 0. The van der Waals surface area contributed by atoms with Gasteiger partial charge in [0.1, 0.15) is 5.56 Å². The zero-order valence-corrected chi connectivity index (χ0v) is 9.96. The molecule has 0 saturated heterocycles. The summed E-state index contributed by atoms with van der Waals surface area (Å²) in [6.07, 6.45) is 4.23. The maximum absolute atomic E-state index is 11.9. The van der Waals surface area contributed by atoms with Gasteiger partial charge in [0.2, 0.25) is 0 Å². The first-order valence-corrected chi connectivity index (χ1v) is 5.58. The summed E-state index contributed by atoms with van der Waals surface area (Å²) in [5.41, 5.74) is 1.45. The van der Waals surface area contributed by atoms with Crippen molar-refractivity contribution in [2.24, 2.45) is 0 Å². The number of aromatic nitrogens is 3. The van der Waals surface area contributed by atoms with Gasteiger partial charge in [-0.25, -0.2) is 14.3 Å². The highest BCUT2D eigenvalue weighted by Crippen LogP contribution is 2.14. The molecule has 0 aliphatic carbocycles. The monoisotopic (exact) mass is 244 g/mol. The number of nitrogens with zero attached hydrogens (tertiary/aromatic N) is 4. The van der Waals surface area contributed by atoms with Gasteiger partial charge in [0.15, 0.2) is 5.65 Å². The van der Waals surface area contributed by atoms with Crippen LogP contribution in [0.3, 0.4) is 0 Å². The molecule has 0 amide bonds. The second-order valence-corrected chi connectivity index (χ2v) is 3.75. The molecule has 0 fully saturated rings. The molecule has 92 valence electrons. The molecule has 0 spiro atoms. The Morgan fingerprint density at radius 3 is 3.22 bits per heavy atom. The average molecular weight is 244 g/mol. The number of fused-ring (bicyclic) bond motifs is 1. The van der Waals surface area contributed by atoms with Gasteiger partial charge in [0.05, 0.1) is 18.4 Å². The van der Waals surface area contributed by atoms with E-state index in [2.05, 4.69) is 10.1 Å². The second-order valence-electron chi connectivity index (χ2n) is 3.75. The highest BCUT2D eigenvalue weighted by atomic mass is 16.5. The Morgan fingerprint density at radius 1 is 1.61 bits per heavy atom. The minimum absolute atomic E-state index is 0.232. The minimum atomic E-state index is -0.445. The maximum Gasteiger partial charge on any atom is 0.343 e. The van der Waals surface area contributed by atoms with Crippen LogP contribution in [0, 0.1) is 18.3 Å². The Kier molecular flexibility index (Phi) is 3.53. The van der Waals surface area contributed by atoms with E-state index in [4.69, 9.17) is 10.00 Å². The number of nitriles is 1. The standard InChI is InChI=1S/C12H12N4O2/c1-9-10(12(17)18-8-3-2-5-13)11-14-6-4-7-16(11)15-9/h4,6-7H,2-3,8H2,1H3. The lowest BCUT2D eigenvalue weighted by Crippen LogP contribution is -2.08. The topological polar surface area (TPSA) is 80.3 Å². The summed E-state index contributed by atoms with van der Waals surface area (Å²) >= 11 is 0. The van der Waals surface area contributed by atoms with Gasteiger partial charge in [-0.2, -0.15) is 10.4 Å². The van der Waals surface area contributed by atoms with E-state index in [1.165, 1.54) is 0 Å². The quantitative estimate of drug-likeness (QED) is 0.601. The van der Waals surface area contributed by atoms with Gasteiger partial charge >= 0.3 is 5.97 Å². The molecule has 0 unspecified atom stereocenters. The molecule has 6 nitrogen and oxygen atoms in total. The SMILES string of the molecule is Cc1nn2cccnc2c1C(=O)OCCCC#N. The van der Waals surface area contributed by atoms with Crippen LogP contribution < -0.4 is 0 Å². The summed E-state index contributed by atoms with van der Waals surface area (Å²) in [5, 5.41) is 12.6. The van der Waals surface area contributed by atoms with Crippen LogP contribution in [0.5, 0.6) is 0 Å². The molecule has 0 radical (unpaired) electrons. The van der Waals surface area contributed by atoms with Crippen LogP contribution in [0.1, 0.15) is 28.9 Å². The molecule has 2 rings (SSSR count). The molecule has 2 aromatic heterocycles. The lowest BCUT2D eigenvalue weighted by molar-refractivity contribution is 0.0503. The number of rotatable bonds is 4. The third-order valence-electron chi connectivity index (χ3n) is 2.44. The van der Waals surface area contributed by atoms with Gasteiger partial charge in [-0.05, 0) is 19.4 Å². The number of carbonyl (C=O) groups is 1. The van der Waals surface area contributed by atoms with Crippen LogP contribution >= 0.6 is 0 Å². The Morgan fingerprint density at radius 2 is 2.44 bits per heavy atom. The molecule has 0 bridgehead atoms. The molecule has 6 heteroatoms. The largest absolute Gasteiger partial charge is 0.462 e. The molecular formula is C12H12N4O2. The number of carbonyl (C=O) groups excluding carboxylic acids is 1. The zero-order chi connectivity index (χ0) is 13.0. The average Bonchev–Trinajstić information content (AvgIpc) is 2.70. The Bertz CT molecular complexity index is 612. The van der Waals surface area contributed by atoms with Crippen molar-refractivity contribution in [1.82, 2.24) is 14.6 Å². The van der Waals surface area contributed by atoms with Crippen molar-refractivity contribution in [2.45, 2.75) is 19.8 Å². The van der Waals surface area contributed by atoms with Crippen molar-refractivity contribution in [3.63, 3.8) is 0 Å². The first kappa shape index (κ1) is 12.0.